The quantitative estimate of drug-likeness (QED) is 0.466. The molecule has 0 saturated heterocycles. The second kappa shape index (κ2) is 4.82. The Labute approximate surface area is 61.1 Å². The van der Waals surface area contributed by atoms with Crippen molar-refractivity contribution in [3.63, 3.8) is 0 Å². The van der Waals surface area contributed by atoms with Gasteiger partial charge < -0.3 is 9.84 Å². The number of rotatable bonds is 5. The molecular weight excluding hydrogens is 128 g/mol. The summed E-state index contributed by atoms with van der Waals surface area (Å²) in [5.41, 5.74) is 0. The molecule has 0 aliphatic heterocycles. The first-order chi connectivity index (χ1) is 4.72. The maximum atomic E-state index is 8.81. The van der Waals surface area contributed by atoms with Gasteiger partial charge in [0.05, 0.1) is 6.61 Å². The van der Waals surface area contributed by atoms with E-state index in [0.717, 1.165) is 0 Å². The minimum atomic E-state index is -0.474. The van der Waals surface area contributed by atoms with Gasteiger partial charge in [0, 0.05) is 0 Å². The highest BCUT2D eigenvalue weighted by Gasteiger charge is 2.04. The van der Waals surface area contributed by atoms with Crippen molar-refractivity contribution in [3.8, 4) is 0 Å². The second-order valence-corrected chi connectivity index (χ2v) is 1.77. The molecule has 1 unspecified atom stereocenters. The summed E-state index contributed by atoms with van der Waals surface area (Å²) < 4.78 is 5.02. The van der Waals surface area contributed by atoms with Crippen LogP contribution >= 0.6 is 0 Å². The van der Waals surface area contributed by atoms with Gasteiger partial charge in [-0.2, -0.15) is 0 Å². The molecule has 0 aromatic rings. The summed E-state index contributed by atoms with van der Waals surface area (Å²) in [7, 11) is 0. The smallest absolute Gasteiger partial charge is 0.132 e. The van der Waals surface area contributed by atoms with E-state index in [1.165, 1.54) is 6.08 Å². The highest BCUT2D eigenvalue weighted by atomic mass is 16.5. The van der Waals surface area contributed by atoms with E-state index in [9.17, 15) is 0 Å². The Hall–Kier alpha value is -1.02. The lowest BCUT2D eigenvalue weighted by molar-refractivity contribution is 0.101. The van der Waals surface area contributed by atoms with Crippen LogP contribution in [0.25, 0.3) is 0 Å². The molecule has 2 heteroatoms. The standard InChI is InChI=1S/C8H12O2/c1-4-6-10-8(5-2)7(3)9/h4-5,8-9H,1-3,6H2. The Morgan fingerprint density at radius 1 is 1.60 bits per heavy atom. The fourth-order valence-corrected chi connectivity index (χ4v) is 0.472. The SMILES string of the molecule is C=CCOC(C=C)C(=C)O. The molecule has 0 bridgehead atoms. The molecule has 0 amide bonds. The number of ether oxygens (including phenoxy) is 1. The Kier molecular flexibility index (Phi) is 4.33. The van der Waals surface area contributed by atoms with E-state index in [1.54, 1.807) is 6.08 Å². The van der Waals surface area contributed by atoms with Crippen LogP contribution in [0, 0.1) is 0 Å². The van der Waals surface area contributed by atoms with Gasteiger partial charge in [-0.1, -0.05) is 18.7 Å². The van der Waals surface area contributed by atoms with Crippen molar-refractivity contribution in [2.24, 2.45) is 0 Å². The summed E-state index contributed by atoms with van der Waals surface area (Å²) in [5.74, 6) is -0.0307. The molecule has 0 rings (SSSR count). The van der Waals surface area contributed by atoms with E-state index < -0.39 is 6.10 Å². The van der Waals surface area contributed by atoms with E-state index in [4.69, 9.17) is 9.84 Å². The molecule has 0 spiro atoms. The van der Waals surface area contributed by atoms with Crippen molar-refractivity contribution in [3.05, 3.63) is 37.6 Å². The van der Waals surface area contributed by atoms with Gasteiger partial charge in [0.2, 0.25) is 0 Å². The van der Waals surface area contributed by atoms with Gasteiger partial charge in [-0.15, -0.1) is 13.2 Å². The summed E-state index contributed by atoms with van der Waals surface area (Å²) in [5, 5.41) is 8.81. The highest BCUT2D eigenvalue weighted by molar-refractivity contribution is 5.01. The predicted molar refractivity (Wildman–Crippen MR) is 41.9 cm³/mol. The topological polar surface area (TPSA) is 29.5 Å². The predicted octanol–water partition coefficient (Wildman–Crippen LogP) is 1.82. The van der Waals surface area contributed by atoms with E-state index >= 15 is 0 Å². The second-order valence-electron chi connectivity index (χ2n) is 1.77. The minimum absolute atomic E-state index is 0.0307. The number of aliphatic hydroxyl groups excluding tert-OH is 1. The van der Waals surface area contributed by atoms with Gasteiger partial charge in [-0.05, 0) is 0 Å². The van der Waals surface area contributed by atoms with Crippen LogP contribution in [0.15, 0.2) is 37.6 Å². The Bertz CT molecular complexity index is 138. The van der Waals surface area contributed by atoms with E-state index in [-0.39, 0.29) is 5.76 Å². The van der Waals surface area contributed by atoms with Crippen LogP contribution < -0.4 is 0 Å². The number of hydrogen-bond acceptors (Lipinski definition) is 2. The fourth-order valence-electron chi connectivity index (χ4n) is 0.472. The van der Waals surface area contributed by atoms with Crippen LogP contribution in [-0.4, -0.2) is 17.8 Å². The molecular formula is C8H12O2. The summed E-state index contributed by atoms with van der Waals surface area (Å²) >= 11 is 0. The number of hydrogen-bond donors (Lipinski definition) is 1. The van der Waals surface area contributed by atoms with Crippen LogP contribution in [0.2, 0.25) is 0 Å². The van der Waals surface area contributed by atoms with Crippen molar-refractivity contribution in [1.82, 2.24) is 0 Å². The third-order valence-corrected chi connectivity index (χ3v) is 0.936. The average Bonchev–Trinajstić information content (AvgIpc) is 1.89. The first-order valence-electron chi connectivity index (χ1n) is 2.95. The van der Waals surface area contributed by atoms with Gasteiger partial charge in [0.25, 0.3) is 0 Å². The largest absolute Gasteiger partial charge is 0.510 e. The molecule has 10 heavy (non-hydrogen) atoms. The van der Waals surface area contributed by atoms with Gasteiger partial charge in [0.15, 0.2) is 0 Å². The monoisotopic (exact) mass is 140 g/mol. The van der Waals surface area contributed by atoms with Crippen molar-refractivity contribution < 1.29 is 9.84 Å². The lowest BCUT2D eigenvalue weighted by Crippen LogP contribution is -2.11. The first kappa shape index (κ1) is 8.98. The third kappa shape index (κ3) is 3.10. The zero-order valence-electron chi connectivity index (χ0n) is 5.92. The Balaban J connectivity index is 3.71. The Morgan fingerprint density at radius 3 is 2.50 bits per heavy atom. The van der Waals surface area contributed by atoms with E-state index in [0.29, 0.717) is 6.61 Å². The summed E-state index contributed by atoms with van der Waals surface area (Å²) in [4.78, 5) is 0. The van der Waals surface area contributed by atoms with E-state index in [1.807, 2.05) is 0 Å². The summed E-state index contributed by atoms with van der Waals surface area (Å²) in [6, 6.07) is 0. The van der Waals surface area contributed by atoms with Crippen LogP contribution in [0.5, 0.6) is 0 Å². The van der Waals surface area contributed by atoms with E-state index in [2.05, 4.69) is 19.7 Å². The van der Waals surface area contributed by atoms with Crippen molar-refractivity contribution in [1.29, 1.82) is 0 Å². The zero-order valence-corrected chi connectivity index (χ0v) is 5.92. The van der Waals surface area contributed by atoms with Gasteiger partial charge in [0.1, 0.15) is 11.9 Å². The molecule has 0 radical (unpaired) electrons. The summed E-state index contributed by atoms with van der Waals surface area (Å²) in [6.07, 6.45) is 2.60. The molecule has 0 heterocycles. The van der Waals surface area contributed by atoms with Crippen molar-refractivity contribution in [2.45, 2.75) is 6.10 Å². The molecule has 1 atom stereocenters. The maximum absolute atomic E-state index is 8.81. The lowest BCUT2D eigenvalue weighted by Gasteiger charge is -2.09. The van der Waals surface area contributed by atoms with Crippen LogP contribution in [0.4, 0.5) is 0 Å². The molecule has 0 aromatic carbocycles. The normalized spacial score (nSPS) is 12.0. The highest BCUT2D eigenvalue weighted by Crippen LogP contribution is 2.01. The molecule has 0 aliphatic carbocycles. The minimum Gasteiger partial charge on any atom is -0.510 e. The lowest BCUT2D eigenvalue weighted by atomic mass is 10.3. The van der Waals surface area contributed by atoms with Crippen LogP contribution in [0.3, 0.4) is 0 Å². The molecule has 56 valence electrons. The van der Waals surface area contributed by atoms with Crippen molar-refractivity contribution in [2.75, 3.05) is 6.61 Å². The molecule has 0 fully saturated rings. The number of aliphatic hydroxyl groups is 1. The maximum Gasteiger partial charge on any atom is 0.132 e. The van der Waals surface area contributed by atoms with Crippen molar-refractivity contribution >= 4 is 0 Å². The molecule has 2 nitrogen and oxygen atoms in total. The molecule has 1 N–H and O–H groups in total. The van der Waals surface area contributed by atoms with Gasteiger partial charge >= 0.3 is 0 Å². The average molecular weight is 140 g/mol. The zero-order chi connectivity index (χ0) is 7.98. The Morgan fingerprint density at radius 2 is 2.20 bits per heavy atom. The molecule has 0 saturated carbocycles. The first-order valence-corrected chi connectivity index (χ1v) is 2.95. The van der Waals surface area contributed by atoms with Gasteiger partial charge in [-0.25, -0.2) is 0 Å². The third-order valence-electron chi connectivity index (χ3n) is 0.936. The van der Waals surface area contributed by atoms with Crippen LogP contribution in [-0.2, 0) is 4.74 Å². The molecule has 0 aromatic heterocycles. The molecule has 0 aliphatic rings. The summed E-state index contributed by atoms with van der Waals surface area (Å²) in [6.45, 7) is 10.6. The fraction of sp³-hybridized carbons (Fsp3) is 0.250. The van der Waals surface area contributed by atoms with Crippen LogP contribution in [0.1, 0.15) is 0 Å². The van der Waals surface area contributed by atoms with Gasteiger partial charge in [-0.3, -0.25) is 0 Å².